The second-order valence-electron chi connectivity index (χ2n) is 1.84. The molecule has 0 aliphatic heterocycles. The summed E-state index contributed by atoms with van der Waals surface area (Å²) >= 11 is 0. The predicted molar refractivity (Wildman–Crippen MR) is 32.2 cm³/mol. The monoisotopic (exact) mass is 246 g/mol. The van der Waals surface area contributed by atoms with Gasteiger partial charge in [0.2, 0.25) is 0 Å². The molecule has 61 valence electrons. The van der Waals surface area contributed by atoms with Crippen LogP contribution in [0.25, 0.3) is 0 Å². The van der Waals surface area contributed by atoms with Crippen molar-refractivity contribution in [1.82, 2.24) is 0 Å². The summed E-state index contributed by atoms with van der Waals surface area (Å²) in [4.78, 5) is 10.1. The van der Waals surface area contributed by atoms with Gasteiger partial charge in [0.1, 0.15) is 0 Å². The molecule has 0 atom stereocenters. The van der Waals surface area contributed by atoms with Crippen LogP contribution in [0.4, 0.5) is 8.78 Å². The Morgan fingerprint density at radius 2 is 2.00 bits per heavy atom. The van der Waals surface area contributed by atoms with Crippen LogP contribution >= 0.6 is 0 Å². The molecule has 0 spiro atoms. The summed E-state index contributed by atoms with van der Waals surface area (Å²) in [5.41, 5.74) is -0.704. The summed E-state index contributed by atoms with van der Waals surface area (Å²) in [7, 11) is 0. The minimum absolute atomic E-state index is 0. The molecule has 1 aromatic rings. The van der Waals surface area contributed by atoms with Crippen LogP contribution in [0.1, 0.15) is 10.4 Å². The standard InChI is InChI=1S/C7H3F2O2.Y/c8-5-3-1-2-4(6(5)9)7(10)11;/h2-3H,(H,10,11);/q-1;. The number of carboxylic acids is 1. The first kappa shape index (κ1) is 11.7. The Hall–Kier alpha value is -0.346. The van der Waals surface area contributed by atoms with Gasteiger partial charge in [-0.3, -0.25) is 9.18 Å². The SMILES string of the molecule is O=C(O)c1c[c-]cc(F)c1F.[Y]. The van der Waals surface area contributed by atoms with Crippen molar-refractivity contribution in [2.45, 2.75) is 0 Å². The molecule has 1 rings (SSSR count). The minimum atomic E-state index is -1.50. The molecule has 12 heavy (non-hydrogen) atoms. The van der Waals surface area contributed by atoms with Crippen LogP contribution in [-0.2, 0) is 32.7 Å². The first-order valence-corrected chi connectivity index (χ1v) is 2.71. The van der Waals surface area contributed by atoms with Gasteiger partial charge >= 0.3 is 0 Å². The van der Waals surface area contributed by atoms with Gasteiger partial charge in [-0.05, 0) is 5.56 Å². The second kappa shape index (κ2) is 4.62. The molecular weight excluding hydrogens is 243 g/mol. The Labute approximate surface area is 92.5 Å². The number of halogens is 2. The topological polar surface area (TPSA) is 37.3 Å². The normalized spacial score (nSPS) is 8.83. The van der Waals surface area contributed by atoms with Crippen LogP contribution in [0.15, 0.2) is 12.1 Å². The van der Waals surface area contributed by atoms with Crippen molar-refractivity contribution in [2.75, 3.05) is 0 Å². The molecule has 1 aromatic carbocycles. The van der Waals surface area contributed by atoms with Gasteiger partial charge in [0.25, 0.3) is 5.97 Å². The van der Waals surface area contributed by atoms with Crippen LogP contribution in [0.3, 0.4) is 0 Å². The van der Waals surface area contributed by atoms with Crippen molar-refractivity contribution in [2.24, 2.45) is 0 Å². The molecule has 0 aliphatic carbocycles. The number of carbonyl (C=O) groups is 1. The Morgan fingerprint density at radius 1 is 1.42 bits per heavy atom. The Morgan fingerprint density at radius 3 is 2.42 bits per heavy atom. The Balaban J connectivity index is 0.00000121. The predicted octanol–water partition coefficient (Wildman–Crippen LogP) is 1.46. The molecule has 5 heteroatoms. The molecule has 0 unspecified atom stereocenters. The zero-order valence-electron chi connectivity index (χ0n) is 5.84. The third-order valence-electron chi connectivity index (χ3n) is 1.11. The Bertz CT molecular complexity index is 301. The molecule has 0 saturated carbocycles. The van der Waals surface area contributed by atoms with Crippen LogP contribution < -0.4 is 0 Å². The number of hydrogen-bond acceptors (Lipinski definition) is 1. The number of benzene rings is 1. The van der Waals surface area contributed by atoms with Gasteiger partial charge in [-0.2, -0.15) is 12.1 Å². The van der Waals surface area contributed by atoms with E-state index >= 15 is 0 Å². The molecule has 0 heterocycles. The van der Waals surface area contributed by atoms with Gasteiger partial charge in [-0.1, -0.05) is 0 Å². The van der Waals surface area contributed by atoms with Gasteiger partial charge in [-0.25, -0.2) is 4.39 Å². The van der Waals surface area contributed by atoms with E-state index in [4.69, 9.17) is 5.11 Å². The van der Waals surface area contributed by atoms with Gasteiger partial charge in [0, 0.05) is 38.5 Å². The minimum Gasteiger partial charge on any atom is -0.487 e. The largest absolute Gasteiger partial charge is 0.487 e. The molecule has 1 radical (unpaired) electrons. The first-order chi connectivity index (χ1) is 5.13. The van der Waals surface area contributed by atoms with E-state index in [-0.39, 0.29) is 32.7 Å². The zero-order chi connectivity index (χ0) is 8.43. The summed E-state index contributed by atoms with van der Waals surface area (Å²) in [6.07, 6.45) is 0. The second-order valence-corrected chi connectivity index (χ2v) is 1.84. The molecule has 0 aliphatic rings. The fraction of sp³-hybridized carbons (Fsp3) is 0. The van der Waals surface area contributed by atoms with E-state index in [9.17, 15) is 13.6 Å². The smallest absolute Gasteiger partial charge is 0.281 e. The molecule has 1 N–H and O–H groups in total. The van der Waals surface area contributed by atoms with Gasteiger partial charge in [0.05, 0.1) is 5.82 Å². The van der Waals surface area contributed by atoms with E-state index in [0.717, 1.165) is 12.1 Å². The Kier molecular flexibility index (Phi) is 4.49. The van der Waals surface area contributed by atoms with Crippen LogP contribution in [0.5, 0.6) is 0 Å². The summed E-state index contributed by atoms with van der Waals surface area (Å²) in [5.74, 6) is -4.06. The van der Waals surface area contributed by atoms with E-state index in [0.29, 0.717) is 0 Å². The van der Waals surface area contributed by atoms with Gasteiger partial charge in [0.15, 0.2) is 0 Å². The van der Waals surface area contributed by atoms with E-state index in [1.54, 1.807) is 0 Å². The van der Waals surface area contributed by atoms with Crippen molar-refractivity contribution >= 4 is 5.97 Å². The third kappa shape index (κ3) is 2.32. The fourth-order valence-corrected chi connectivity index (χ4v) is 0.609. The van der Waals surface area contributed by atoms with Gasteiger partial charge < -0.3 is 5.11 Å². The quantitative estimate of drug-likeness (QED) is 0.761. The van der Waals surface area contributed by atoms with E-state index < -0.39 is 23.2 Å². The van der Waals surface area contributed by atoms with Crippen molar-refractivity contribution in [3.8, 4) is 0 Å². The number of aromatic carboxylic acids is 1. The summed E-state index contributed by atoms with van der Waals surface area (Å²) in [6.45, 7) is 0. The molecule has 0 aromatic heterocycles. The maximum Gasteiger partial charge on any atom is 0.281 e. The van der Waals surface area contributed by atoms with Crippen molar-refractivity contribution < 1.29 is 51.4 Å². The molecular formula is C7H3F2O2Y-. The average Bonchev–Trinajstić information content (AvgIpc) is 1.94. The van der Waals surface area contributed by atoms with E-state index in [1.165, 1.54) is 0 Å². The van der Waals surface area contributed by atoms with E-state index in [2.05, 4.69) is 6.07 Å². The molecule has 0 fully saturated rings. The summed E-state index contributed by atoms with van der Waals surface area (Å²) in [6, 6.07) is 3.77. The maximum absolute atomic E-state index is 12.5. The number of carboxylic acid groups (broad SMARTS) is 1. The number of rotatable bonds is 1. The van der Waals surface area contributed by atoms with Crippen LogP contribution in [-0.4, -0.2) is 11.1 Å². The molecule has 0 saturated heterocycles. The van der Waals surface area contributed by atoms with Crippen LogP contribution in [0, 0.1) is 17.7 Å². The number of hydrogen-bond donors (Lipinski definition) is 1. The molecule has 0 amide bonds. The van der Waals surface area contributed by atoms with Gasteiger partial charge in [-0.15, -0.1) is 6.07 Å². The molecule has 0 bridgehead atoms. The van der Waals surface area contributed by atoms with E-state index in [1.807, 2.05) is 0 Å². The maximum atomic E-state index is 12.5. The van der Waals surface area contributed by atoms with Crippen molar-refractivity contribution in [3.05, 3.63) is 35.4 Å². The fourth-order valence-electron chi connectivity index (χ4n) is 0.609. The van der Waals surface area contributed by atoms with Crippen molar-refractivity contribution in [1.29, 1.82) is 0 Å². The van der Waals surface area contributed by atoms with Crippen molar-refractivity contribution in [3.63, 3.8) is 0 Å². The summed E-state index contributed by atoms with van der Waals surface area (Å²) < 4.78 is 24.7. The van der Waals surface area contributed by atoms with Crippen LogP contribution in [0.2, 0.25) is 0 Å². The average molecular weight is 246 g/mol. The third-order valence-corrected chi connectivity index (χ3v) is 1.11. The first-order valence-electron chi connectivity index (χ1n) is 2.71. The summed E-state index contributed by atoms with van der Waals surface area (Å²) in [5, 5.41) is 8.26. The zero-order valence-corrected chi connectivity index (χ0v) is 8.68. The molecule has 2 nitrogen and oxygen atoms in total.